The fourth-order valence-electron chi connectivity index (χ4n) is 1.99. The third-order valence-electron chi connectivity index (χ3n) is 2.87. The Bertz CT molecular complexity index is 715. The predicted octanol–water partition coefficient (Wildman–Crippen LogP) is -0.298. The molecule has 0 amide bonds. The quantitative estimate of drug-likeness (QED) is 0.554. The third kappa shape index (κ3) is 4.70. The van der Waals surface area contributed by atoms with Gasteiger partial charge in [-0.2, -0.15) is 0 Å². The van der Waals surface area contributed by atoms with Crippen LogP contribution in [-0.4, -0.2) is 45.5 Å². The van der Waals surface area contributed by atoms with Gasteiger partial charge in [0.2, 0.25) is 10.0 Å². The zero-order chi connectivity index (χ0) is 17.0. The molecule has 0 radical (unpaired) electrons. The summed E-state index contributed by atoms with van der Waals surface area (Å²) >= 11 is 0. The minimum atomic E-state index is -3.78. The fraction of sp³-hybridized carbons (Fsp3) is 0.500. The summed E-state index contributed by atoms with van der Waals surface area (Å²) < 4.78 is 50.6. The molecule has 1 aromatic carbocycles. The lowest BCUT2D eigenvalue weighted by Gasteiger charge is -2.16. The number of sulfonamides is 1. The molecule has 0 aliphatic rings. The molecule has 0 saturated carbocycles. The first-order valence-corrected chi connectivity index (χ1v) is 10.2. The lowest BCUT2D eigenvalue weighted by atomic mass is 9.79. The van der Waals surface area contributed by atoms with Gasteiger partial charge in [-0.05, 0) is 18.9 Å². The summed E-state index contributed by atoms with van der Waals surface area (Å²) in [4.78, 5) is -0.250. The standard InChI is InChI=1S/C12H20BNO6S2/c1-3-8-21(17,18)11-7-5-6-10(13(15)16)12(11)14-22(19,20)9-4-2/h5-7,14-16H,3-4,8-9H2,1-2H3. The molecule has 0 aromatic heterocycles. The molecule has 0 unspecified atom stereocenters. The van der Waals surface area contributed by atoms with Crippen LogP contribution in [0.2, 0.25) is 0 Å². The van der Waals surface area contributed by atoms with E-state index in [9.17, 15) is 26.9 Å². The summed E-state index contributed by atoms with van der Waals surface area (Å²) in [5.41, 5.74) is -0.490. The molecule has 0 saturated heterocycles. The highest BCUT2D eigenvalue weighted by Gasteiger charge is 2.27. The van der Waals surface area contributed by atoms with Crippen LogP contribution >= 0.6 is 0 Å². The van der Waals surface area contributed by atoms with Gasteiger partial charge in [0.05, 0.1) is 22.1 Å². The zero-order valence-electron chi connectivity index (χ0n) is 12.5. The van der Waals surface area contributed by atoms with Crippen LogP contribution in [0.5, 0.6) is 0 Å². The topological polar surface area (TPSA) is 121 Å². The van der Waals surface area contributed by atoms with E-state index in [0.717, 1.165) is 0 Å². The summed E-state index contributed by atoms with van der Waals surface area (Å²) in [6.07, 6.45) is 0.700. The van der Waals surface area contributed by atoms with E-state index in [1.807, 2.05) is 0 Å². The normalized spacial score (nSPS) is 12.2. The van der Waals surface area contributed by atoms with E-state index in [0.29, 0.717) is 12.8 Å². The summed E-state index contributed by atoms with van der Waals surface area (Å²) in [6, 6.07) is 3.86. The van der Waals surface area contributed by atoms with Crippen LogP contribution in [0.3, 0.4) is 0 Å². The van der Waals surface area contributed by atoms with E-state index in [1.165, 1.54) is 18.2 Å². The number of sulfone groups is 1. The van der Waals surface area contributed by atoms with Crippen molar-refractivity contribution in [3.05, 3.63) is 18.2 Å². The van der Waals surface area contributed by atoms with Gasteiger partial charge in [0, 0.05) is 5.46 Å². The number of benzene rings is 1. The second kappa shape index (κ2) is 7.45. The summed E-state index contributed by atoms with van der Waals surface area (Å²) in [5.74, 6) is -0.364. The van der Waals surface area contributed by atoms with E-state index in [1.54, 1.807) is 13.8 Å². The van der Waals surface area contributed by atoms with Crippen molar-refractivity contribution < 1.29 is 26.9 Å². The SMILES string of the molecule is CCCS(=O)(=O)Nc1c(B(O)O)cccc1S(=O)(=O)CCC. The van der Waals surface area contributed by atoms with Crippen molar-refractivity contribution in [3.63, 3.8) is 0 Å². The van der Waals surface area contributed by atoms with Crippen LogP contribution in [0.25, 0.3) is 0 Å². The minimum Gasteiger partial charge on any atom is -0.423 e. The Morgan fingerprint density at radius 3 is 2.14 bits per heavy atom. The van der Waals surface area contributed by atoms with E-state index < -0.39 is 27.0 Å². The van der Waals surface area contributed by atoms with E-state index in [-0.39, 0.29) is 27.6 Å². The van der Waals surface area contributed by atoms with Crippen LogP contribution in [0.15, 0.2) is 23.1 Å². The van der Waals surface area contributed by atoms with Crippen molar-refractivity contribution >= 4 is 38.1 Å². The van der Waals surface area contributed by atoms with Crippen molar-refractivity contribution in [3.8, 4) is 0 Å². The lowest BCUT2D eigenvalue weighted by molar-refractivity contribution is 0.426. The first-order chi connectivity index (χ1) is 10.1. The average molecular weight is 349 g/mol. The smallest absolute Gasteiger partial charge is 0.423 e. The molecule has 124 valence electrons. The highest BCUT2D eigenvalue weighted by Crippen LogP contribution is 2.23. The molecule has 10 heteroatoms. The maximum Gasteiger partial charge on any atom is 0.490 e. The molecular weight excluding hydrogens is 329 g/mol. The Labute approximate surface area is 131 Å². The molecule has 7 nitrogen and oxygen atoms in total. The monoisotopic (exact) mass is 349 g/mol. The number of anilines is 1. The van der Waals surface area contributed by atoms with Gasteiger partial charge in [0.1, 0.15) is 0 Å². The molecular formula is C12H20BNO6S2. The second-order valence-corrected chi connectivity index (χ2v) is 8.75. The van der Waals surface area contributed by atoms with Gasteiger partial charge in [0.25, 0.3) is 0 Å². The summed E-state index contributed by atoms with van der Waals surface area (Å²) in [5, 5.41) is 18.8. The van der Waals surface area contributed by atoms with Gasteiger partial charge in [-0.1, -0.05) is 26.0 Å². The molecule has 1 rings (SSSR count). The number of rotatable bonds is 8. The molecule has 1 aromatic rings. The first-order valence-electron chi connectivity index (χ1n) is 6.87. The first kappa shape index (κ1) is 19.0. The Balaban J connectivity index is 3.50. The lowest BCUT2D eigenvalue weighted by Crippen LogP contribution is -2.35. The molecule has 3 N–H and O–H groups in total. The number of para-hydroxylation sites is 1. The van der Waals surface area contributed by atoms with E-state index in [4.69, 9.17) is 0 Å². The molecule has 22 heavy (non-hydrogen) atoms. The molecule has 0 aliphatic carbocycles. The van der Waals surface area contributed by atoms with Gasteiger partial charge in [-0.3, -0.25) is 4.72 Å². The summed E-state index contributed by atoms with van der Waals surface area (Å²) in [7, 11) is -9.50. The van der Waals surface area contributed by atoms with Crippen LogP contribution in [-0.2, 0) is 19.9 Å². The van der Waals surface area contributed by atoms with E-state index >= 15 is 0 Å². The number of nitrogens with one attached hydrogen (secondary N) is 1. The number of hydrogen-bond donors (Lipinski definition) is 3. The molecule has 0 bridgehead atoms. The largest absolute Gasteiger partial charge is 0.490 e. The fourth-order valence-corrected chi connectivity index (χ4v) is 4.75. The van der Waals surface area contributed by atoms with Crippen LogP contribution in [0.4, 0.5) is 5.69 Å². The van der Waals surface area contributed by atoms with Crippen LogP contribution < -0.4 is 10.2 Å². The predicted molar refractivity (Wildman–Crippen MR) is 86.3 cm³/mol. The Morgan fingerprint density at radius 1 is 1.05 bits per heavy atom. The van der Waals surface area contributed by atoms with Gasteiger partial charge < -0.3 is 10.0 Å². The average Bonchev–Trinajstić information content (AvgIpc) is 2.37. The Morgan fingerprint density at radius 2 is 1.64 bits per heavy atom. The van der Waals surface area contributed by atoms with Gasteiger partial charge in [-0.25, -0.2) is 16.8 Å². The molecule has 0 fully saturated rings. The van der Waals surface area contributed by atoms with Crippen molar-refractivity contribution in [2.45, 2.75) is 31.6 Å². The minimum absolute atomic E-state index is 0.166. The Kier molecular flexibility index (Phi) is 6.42. The van der Waals surface area contributed by atoms with Crippen molar-refractivity contribution in [2.75, 3.05) is 16.2 Å². The van der Waals surface area contributed by atoms with Crippen LogP contribution in [0, 0.1) is 0 Å². The number of hydrogen-bond acceptors (Lipinski definition) is 6. The van der Waals surface area contributed by atoms with E-state index in [2.05, 4.69) is 4.72 Å². The maximum atomic E-state index is 12.3. The van der Waals surface area contributed by atoms with Crippen molar-refractivity contribution in [2.24, 2.45) is 0 Å². The van der Waals surface area contributed by atoms with Crippen molar-refractivity contribution in [1.82, 2.24) is 0 Å². The second-order valence-electron chi connectivity index (χ2n) is 4.83. The molecule has 0 heterocycles. The molecule has 0 spiro atoms. The highest BCUT2D eigenvalue weighted by molar-refractivity contribution is 7.93. The van der Waals surface area contributed by atoms with Crippen LogP contribution in [0.1, 0.15) is 26.7 Å². The van der Waals surface area contributed by atoms with Gasteiger partial charge >= 0.3 is 7.12 Å². The highest BCUT2D eigenvalue weighted by atomic mass is 32.2. The zero-order valence-corrected chi connectivity index (χ0v) is 14.1. The van der Waals surface area contributed by atoms with Gasteiger partial charge in [0.15, 0.2) is 9.84 Å². The maximum absolute atomic E-state index is 12.3. The Hall–Kier alpha value is -1.10. The molecule has 0 aliphatic heterocycles. The third-order valence-corrected chi connectivity index (χ3v) is 6.29. The molecule has 0 atom stereocenters. The summed E-state index contributed by atoms with van der Waals surface area (Å²) in [6.45, 7) is 3.35. The van der Waals surface area contributed by atoms with Gasteiger partial charge in [-0.15, -0.1) is 0 Å². The van der Waals surface area contributed by atoms with Crippen molar-refractivity contribution in [1.29, 1.82) is 0 Å².